The van der Waals surface area contributed by atoms with Crippen LogP contribution in [-0.2, 0) is 12.4 Å². The average molecular weight is 368 g/mol. The molecule has 12 heteroatoms. The Hall–Kier alpha value is -2.37. The molecule has 0 aromatic carbocycles. The molecule has 0 spiro atoms. The van der Waals surface area contributed by atoms with Gasteiger partial charge < -0.3 is 0 Å². The third-order valence-corrected chi connectivity index (χ3v) is 4.35. The topological polar surface area (TPSA) is 52.2 Å². The second-order valence-electron chi connectivity index (χ2n) is 4.72. The van der Waals surface area contributed by atoms with Gasteiger partial charge in [-0.2, -0.15) is 31.4 Å². The van der Waals surface area contributed by atoms with Gasteiger partial charge in [0.2, 0.25) is 0 Å². The number of hydrogen-bond donors (Lipinski definition) is 0. The number of alkyl halides is 6. The minimum atomic E-state index is -4.71. The molecule has 3 aromatic heterocycles. The van der Waals surface area contributed by atoms with Gasteiger partial charge in [0.1, 0.15) is 10.6 Å². The summed E-state index contributed by atoms with van der Waals surface area (Å²) < 4.78 is 77.8. The van der Waals surface area contributed by atoms with E-state index in [4.69, 9.17) is 0 Å². The Bertz CT molecular complexity index is 980. The van der Waals surface area contributed by atoms with Gasteiger partial charge in [-0.1, -0.05) is 11.3 Å². The molecule has 0 fully saturated rings. The van der Waals surface area contributed by atoms with Crippen LogP contribution in [0.15, 0.2) is 23.3 Å². The number of fused-ring (bicyclic) bond motifs is 1. The van der Waals surface area contributed by atoms with E-state index in [2.05, 4.69) is 10.1 Å². The van der Waals surface area contributed by atoms with E-state index < -0.39 is 34.2 Å². The molecule has 24 heavy (non-hydrogen) atoms. The summed E-state index contributed by atoms with van der Waals surface area (Å²) in [4.78, 5) is 14.9. The molecule has 0 aliphatic carbocycles. The van der Waals surface area contributed by atoms with Crippen LogP contribution in [0.2, 0.25) is 0 Å². The molecule has 0 unspecified atom stereocenters. The van der Waals surface area contributed by atoms with Gasteiger partial charge in [-0.15, -0.1) is 0 Å². The van der Waals surface area contributed by atoms with Crippen molar-refractivity contribution in [2.45, 2.75) is 19.3 Å². The zero-order valence-corrected chi connectivity index (χ0v) is 12.4. The van der Waals surface area contributed by atoms with Crippen molar-refractivity contribution >= 4 is 16.3 Å². The van der Waals surface area contributed by atoms with Crippen LogP contribution in [0.3, 0.4) is 0 Å². The van der Waals surface area contributed by atoms with Crippen LogP contribution in [0, 0.1) is 6.92 Å². The Morgan fingerprint density at radius 3 is 2.33 bits per heavy atom. The van der Waals surface area contributed by atoms with E-state index >= 15 is 0 Å². The maximum Gasteiger partial charge on any atom is 0.435 e. The van der Waals surface area contributed by atoms with Crippen LogP contribution < -0.4 is 5.56 Å². The number of rotatable bonds is 1. The number of hydrogen-bond acceptors (Lipinski definition) is 4. The summed E-state index contributed by atoms with van der Waals surface area (Å²) in [6, 6.07) is 0.649. The Labute approximate surface area is 132 Å². The molecule has 0 saturated heterocycles. The molecule has 0 radical (unpaired) electrons. The first kappa shape index (κ1) is 16.5. The summed E-state index contributed by atoms with van der Waals surface area (Å²) in [5, 5.41) is 3.22. The minimum Gasteiger partial charge on any atom is -0.266 e. The van der Waals surface area contributed by atoms with Crippen LogP contribution in [0.4, 0.5) is 26.3 Å². The standard InChI is InChI=1S/C12H6F6N4OS/c1-5-8(12(16,17)18)24-10-19-4-6(9(23)22(5)10)21-3-2-7(20-21)11(13,14)15/h2-4H,1H3. The van der Waals surface area contributed by atoms with Gasteiger partial charge in [0.25, 0.3) is 5.56 Å². The average Bonchev–Trinajstić information content (AvgIpc) is 3.03. The largest absolute Gasteiger partial charge is 0.435 e. The molecular formula is C12H6F6N4OS. The van der Waals surface area contributed by atoms with Crippen molar-refractivity contribution in [1.29, 1.82) is 0 Å². The highest BCUT2D eigenvalue weighted by Gasteiger charge is 2.37. The molecule has 0 saturated carbocycles. The minimum absolute atomic E-state index is 0.211. The highest BCUT2D eigenvalue weighted by atomic mass is 32.1. The highest BCUT2D eigenvalue weighted by molar-refractivity contribution is 7.17. The summed E-state index contributed by atoms with van der Waals surface area (Å²) in [5.41, 5.74) is -2.95. The monoisotopic (exact) mass is 368 g/mol. The molecule has 0 aliphatic rings. The number of thiazole rings is 1. The number of aromatic nitrogens is 4. The Balaban J connectivity index is 2.21. The molecule has 0 aliphatic heterocycles. The van der Waals surface area contributed by atoms with E-state index in [-0.39, 0.29) is 22.0 Å². The molecule has 3 aromatic rings. The highest BCUT2D eigenvalue weighted by Crippen LogP contribution is 2.37. The molecule has 3 heterocycles. The van der Waals surface area contributed by atoms with Crippen molar-refractivity contribution in [2.24, 2.45) is 0 Å². The summed E-state index contributed by atoms with van der Waals surface area (Å²) in [6.07, 6.45) is -7.59. The fourth-order valence-electron chi connectivity index (χ4n) is 2.09. The Kier molecular flexibility index (Phi) is 3.48. The second-order valence-corrected chi connectivity index (χ2v) is 5.70. The fraction of sp³-hybridized carbons (Fsp3) is 0.250. The van der Waals surface area contributed by atoms with E-state index in [0.717, 1.165) is 19.3 Å². The summed E-state index contributed by atoms with van der Waals surface area (Å²) in [6.45, 7) is 1.09. The maximum absolute atomic E-state index is 12.9. The maximum atomic E-state index is 12.9. The van der Waals surface area contributed by atoms with Crippen LogP contribution in [0.1, 0.15) is 16.3 Å². The van der Waals surface area contributed by atoms with E-state index in [1.165, 1.54) is 0 Å². The van der Waals surface area contributed by atoms with Crippen molar-refractivity contribution in [1.82, 2.24) is 19.2 Å². The molecule has 128 valence electrons. The molecule has 0 amide bonds. The normalized spacial score (nSPS) is 13.0. The van der Waals surface area contributed by atoms with Crippen molar-refractivity contribution in [3.8, 4) is 5.69 Å². The Morgan fingerprint density at radius 1 is 1.12 bits per heavy atom. The predicted molar refractivity (Wildman–Crippen MR) is 71.2 cm³/mol. The lowest BCUT2D eigenvalue weighted by Gasteiger charge is -2.04. The summed E-state index contributed by atoms with van der Waals surface area (Å²) >= 11 is 0.276. The number of halogens is 6. The van der Waals surface area contributed by atoms with Gasteiger partial charge >= 0.3 is 12.4 Å². The van der Waals surface area contributed by atoms with Gasteiger partial charge in [-0.25, -0.2) is 9.67 Å². The van der Waals surface area contributed by atoms with Crippen molar-refractivity contribution in [2.75, 3.05) is 0 Å². The van der Waals surface area contributed by atoms with Crippen LogP contribution in [0.25, 0.3) is 10.6 Å². The van der Waals surface area contributed by atoms with Crippen LogP contribution >= 0.6 is 11.3 Å². The number of aryl methyl sites for hydroxylation is 1. The van der Waals surface area contributed by atoms with Gasteiger partial charge in [0, 0.05) is 11.9 Å². The van der Waals surface area contributed by atoms with Gasteiger partial charge in [-0.05, 0) is 13.0 Å². The van der Waals surface area contributed by atoms with Crippen molar-refractivity contribution in [3.05, 3.63) is 45.1 Å². The first-order valence-electron chi connectivity index (χ1n) is 6.21. The lowest BCUT2D eigenvalue weighted by Crippen LogP contribution is -2.21. The zero-order chi connectivity index (χ0) is 17.9. The van der Waals surface area contributed by atoms with E-state index in [1.54, 1.807) is 0 Å². The SMILES string of the molecule is Cc1c(C(F)(F)F)sc2ncc(-n3ccc(C(F)(F)F)n3)c(=O)n12. The first-order valence-corrected chi connectivity index (χ1v) is 7.03. The Morgan fingerprint density at radius 2 is 1.79 bits per heavy atom. The van der Waals surface area contributed by atoms with Gasteiger partial charge in [0.15, 0.2) is 10.7 Å². The zero-order valence-electron chi connectivity index (χ0n) is 11.6. The van der Waals surface area contributed by atoms with Crippen molar-refractivity contribution < 1.29 is 26.3 Å². The quantitative estimate of drug-likeness (QED) is 0.620. The summed E-state index contributed by atoms with van der Waals surface area (Å²) in [5.74, 6) is 0. The lowest BCUT2D eigenvalue weighted by molar-refractivity contribution is -0.141. The first-order chi connectivity index (χ1) is 11.0. The van der Waals surface area contributed by atoms with Gasteiger partial charge in [-0.3, -0.25) is 9.20 Å². The third kappa shape index (κ3) is 2.56. The molecular weight excluding hydrogens is 362 g/mol. The van der Waals surface area contributed by atoms with Crippen LogP contribution in [-0.4, -0.2) is 19.2 Å². The molecule has 0 N–H and O–H groups in total. The van der Waals surface area contributed by atoms with E-state index in [0.29, 0.717) is 15.1 Å². The van der Waals surface area contributed by atoms with E-state index in [1.807, 2.05) is 0 Å². The third-order valence-electron chi connectivity index (χ3n) is 3.15. The molecule has 0 atom stereocenters. The number of nitrogens with zero attached hydrogens (tertiary/aromatic N) is 4. The molecule has 0 bridgehead atoms. The molecule has 5 nitrogen and oxygen atoms in total. The van der Waals surface area contributed by atoms with Crippen LogP contribution in [0.5, 0.6) is 0 Å². The summed E-state index contributed by atoms with van der Waals surface area (Å²) in [7, 11) is 0. The fourth-order valence-corrected chi connectivity index (χ4v) is 3.05. The van der Waals surface area contributed by atoms with E-state index in [9.17, 15) is 31.1 Å². The predicted octanol–water partition coefficient (Wildman–Crippen LogP) is 3.29. The van der Waals surface area contributed by atoms with Crippen molar-refractivity contribution in [3.63, 3.8) is 0 Å². The lowest BCUT2D eigenvalue weighted by atomic mass is 10.4. The molecule has 3 rings (SSSR count). The second kappa shape index (κ2) is 5.06. The smallest absolute Gasteiger partial charge is 0.266 e. The van der Waals surface area contributed by atoms with Gasteiger partial charge in [0.05, 0.1) is 6.20 Å².